The molecule has 5 nitrogen and oxygen atoms in total. The van der Waals surface area contributed by atoms with Crippen LogP contribution in [0.1, 0.15) is 29.6 Å². The number of nitrogens with zero attached hydrogens (tertiary/aromatic N) is 3. The van der Waals surface area contributed by atoms with Gasteiger partial charge in [-0.3, -0.25) is 9.59 Å². The Morgan fingerprint density at radius 2 is 1.43 bits per heavy atom. The van der Waals surface area contributed by atoms with Crippen LogP contribution in [0, 0.1) is 5.92 Å². The summed E-state index contributed by atoms with van der Waals surface area (Å²) < 4.78 is 0. The number of carbonyl (C=O) groups is 2. The number of rotatable bonds is 4. The second-order valence-corrected chi connectivity index (χ2v) is 8.54. The normalized spacial score (nSPS) is 18.4. The van der Waals surface area contributed by atoms with Gasteiger partial charge in [0, 0.05) is 51.3 Å². The highest BCUT2D eigenvalue weighted by Gasteiger charge is 2.28. The monoisotopic (exact) mass is 405 g/mol. The van der Waals surface area contributed by atoms with Gasteiger partial charge in [-0.15, -0.1) is 0 Å². The summed E-state index contributed by atoms with van der Waals surface area (Å²) >= 11 is 0. The lowest BCUT2D eigenvalue weighted by Crippen LogP contribution is -2.48. The maximum Gasteiger partial charge on any atom is 0.254 e. The standard InChI is InChI=1S/C25H31N3O2/c1-26-15-17-27(18-16-26)24(29)19-20-11-13-28(14-12-20)25(30)23-10-6-5-9-22(23)21-7-3-2-4-8-21/h2-10,20H,11-19H2,1H3. The third kappa shape index (κ3) is 4.73. The Kier molecular flexibility index (Phi) is 6.48. The summed E-state index contributed by atoms with van der Waals surface area (Å²) in [6.07, 6.45) is 2.42. The van der Waals surface area contributed by atoms with Crippen molar-refractivity contribution in [2.45, 2.75) is 19.3 Å². The first kappa shape index (κ1) is 20.6. The largest absolute Gasteiger partial charge is 0.340 e. The van der Waals surface area contributed by atoms with E-state index < -0.39 is 0 Å². The Bertz CT molecular complexity index is 867. The van der Waals surface area contributed by atoms with E-state index >= 15 is 0 Å². The van der Waals surface area contributed by atoms with Crippen LogP contribution in [0.2, 0.25) is 0 Å². The first-order chi connectivity index (χ1) is 14.6. The van der Waals surface area contributed by atoms with Crippen LogP contribution in [0.25, 0.3) is 11.1 Å². The van der Waals surface area contributed by atoms with Crippen LogP contribution in [-0.4, -0.2) is 72.8 Å². The molecular weight excluding hydrogens is 374 g/mol. The Morgan fingerprint density at radius 3 is 2.13 bits per heavy atom. The number of piperazine rings is 1. The zero-order chi connectivity index (χ0) is 20.9. The van der Waals surface area contributed by atoms with Gasteiger partial charge in [-0.1, -0.05) is 48.5 Å². The Balaban J connectivity index is 1.35. The fraction of sp³-hybridized carbons (Fsp3) is 0.440. The van der Waals surface area contributed by atoms with Crippen molar-refractivity contribution in [3.8, 4) is 11.1 Å². The molecule has 2 saturated heterocycles. The van der Waals surface area contributed by atoms with Crippen molar-refractivity contribution in [2.24, 2.45) is 5.92 Å². The third-order valence-corrected chi connectivity index (χ3v) is 6.46. The smallest absolute Gasteiger partial charge is 0.254 e. The molecule has 2 amide bonds. The van der Waals surface area contributed by atoms with Crippen LogP contribution in [0.4, 0.5) is 0 Å². The summed E-state index contributed by atoms with van der Waals surface area (Å²) in [6.45, 7) is 5.04. The van der Waals surface area contributed by atoms with Gasteiger partial charge < -0.3 is 14.7 Å². The molecule has 0 aromatic heterocycles. The molecule has 2 aliphatic rings. The van der Waals surface area contributed by atoms with Crippen molar-refractivity contribution in [3.05, 3.63) is 60.2 Å². The average Bonchev–Trinajstić information content (AvgIpc) is 2.80. The zero-order valence-electron chi connectivity index (χ0n) is 17.8. The predicted molar refractivity (Wildman–Crippen MR) is 119 cm³/mol. The van der Waals surface area contributed by atoms with Gasteiger partial charge in [0.2, 0.25) is 5.91 Å². The highest BCUT2D eigenvalue weighted by atomic mass is 16.2. The Hall–Kier alpha value is -2.66. The maximum absolute atomic E-state index is 13.2. The number of benzene rings is 2. The van der Waals surface area contributed by atoms with Crippen molar-refractivity contribution < 1.29 is 9.59 Å². The summed E-state index contributed by atoms with van der Waals surface area (Å²) in [4.78, 5) is 32.1. The molecule has 5 heteroatoms. The molecule has 2 aromatic rings. The van der Waals surface area contributed by atoms with Gasteiger partial charge in [0.05, 0.1) is 0 Å². The lowest BCUT2D eigenvalue weighted by molar-refractivity contribution is -0.134. The highest BCUT2D eigenvalue weighted by molar-refractivity contribution is 6.01. The summed E-state index contributed by atoms with van der Waals surface area (Å²) in [5.74, 6) is 0.756. The molecule has 2 aromatic carbocycles. The summed E-state index contributed by atoms with van der Waals surface area (Å²) in [5, 5.41) is 0. The van der Waals surface area contributed by atoms with E-state index in [0.717, 1.165) is 68.8 Å². The van der Waals surface area contributed by atoms with E-state index in [0.29, 0.717) is 12.3 Å². The number of carbonyl (C=O) groups excluding carboxylic acids is 2. The van der Waals surface area contributed by atoms with Crippen LogP contribution in [0.3, 0.4) is 0 Å². The van der Waals surface area contributed by atoms with E-state index in [1.165, 1.54) is 0 Å². The van der Waals surface area contributed by atoms with Gasteiger partial charge in [0.25, 0.3) is 5.91 Å². The fourth-order valence-electron chi connectivity index (χ4n) is 4.48. The molecule has 0 bridgehead atoms. The number of hydrogen-bond acceptors (Lipinski definition) is 3. The summed E-state index contributed by atoms with van der Waals surface area (Å²) in [6, 6.07) is 17.9. The fourth-order valence-corrected chi connectivity index (χ4v) is 4.48. The Morgan fingerprint density at radius 1 is 0.800 bits per heavy atom. The van der Waals surface area contributed by atoms with Gasteiger partial charge in [-0.25, -0.2) is 0 Å². The molecule has 0 unspecified atom stereocenters. The van der Waals surface area contributed by atoms with Gasteiger partial charge in [0.15, 0.2) is 0 Å². The first-order valence-electron chi connectivity index (χ1n) is 11.0. The van der Waals surface area contributed by atoms with Crippen LogP contribution in [0.15, 0.2) is 54.6 Å². The highest BCUT2D eigenvalue weighted by Crippen LogP contribution is 2.27. The van der Waals surface area contributed by atoms with Crippen molar-refractivity contribution in [2.75, 3.05) is 46.3 Å². The molecule has 0 atom stereocenters. The number of likely N-dealkylation sites (N-methyl/N-ethyl adjacent to an activating group) is 1. The Labute approximate surface area is 179 Å². The van der Waals surface area contributed by atoms with Gasteiger partial charge in [-0.05, 0) is 43.0 Å². The van der Waals surface area contributed by atoms with Gasteiger partial charge in [-0.2, -0.15) is 0 Å². The van der Waals surface area contributed by atoms with E-state index in [9.17, 15) is 9.59 Å². The second kappa shape index (κ2) is 9.43. The van der Waals surface area contributed by atoms with Crippen LogP contribution in [-0.2, 0) is 4.79 Å². The third-order valence-electron chi connectivity index (χ3n) is 6.46. The van der Waals surface area contributed by atoms with Crippen molar-refractivity contribution >= 4 is 11.8 Å². The minimum atomic E-state index is 0.0956. The molecule has 0 radical (unpaired) electrons. The van der Waals surface area contributed by atoms with Crippen LogP contribution >= 0.6 is 0 Å². The average molecular weight is 406 g/mol. The van der Waals surface area contributed by atoms with Crippen molar-refractivity contribution in [1.29, 1.82) is 0 Å². The molecule has 0 saturated carbocycles. The molecule has 4 rings (SSSR count). The molecule has 30 heavy (non-hydrogen) atoms. The molecule has 158 valence electrons. The topological polar surface area (TPSA) is 43.9 Å². The number of amides is 2. The minimum absolute atomic E-state index is 0.0956. The lowest BCUT2D eigenvalue weighted by Gasteiger charge is -2.35. The van der Waals surface area contributed by atoms with Crippen molar-refractivity contribution in [1.82, 2.24) is 14.7 Å². The van der Waals surface area contributed by atoms with Crippen LogP contribution in [0.5, 0.6) is 0 Å². The van der Waals surface area contributed by atoms with Gasteiger partial charge >= 0.3 is 0 Å². The molecule has 2 fully saturated rings. The number of piperidine rings is 1. The SMILES string of the molecule is CN1CCN(C(=O)CC2CCN(C(=O)c3ccccc3-c3ccccc3)CC2)CC1. The molecule has 0 spiro atoms. The minimum Gasteiger partial charge on any atom is -0.340 e. The second-order valence-electron chi connectivity index (χ2n) is 8.54. The maximum atomic E-state index is 13.2. The van der Waals surface area contributed by atoms with E-state index in [4.69, 9.17) is 0 Å². The van der Waals surface area contributed by atoms with E-state index in [2.05, 4.69) is 11.9 Å². The molecular formula is C25H31N3O2. The molecule has 2 aliphatic heterocycles. The lowest BCUT2D eigenvalue weighted by atomic mass is 9.91. The van der Waals surface area contributed by atoms with E-state index in [1.54, 1.807) is 0 Å². The quantitative estimate of drug-likeness (QED) is 0.783. The molecule has 0 N–H and O–H groups in total. The number of hydrogen-bond donors (Lipinski definition) is 0. The number of likely N-dealkylation sites (tertiary alicyclic amines) is 1. The predicted octanol–water partition coefficient (Wildman–Crippen LogP) is 3.37. The van der Waals surface area contributed by atoms with Gasteiger partial charge in [0.1, 0.15) is 0 Å². The first-order valence-corrected chi connectivity index (χ1v) is 11.0. The molecule has 0 aliphatic carbocycles. The van der Waals surface area contributed by atoms with Crippen LogP contribution < -0.4 is 0 Å². The zero-order valence-corrected chi connectivity index (χ0v) is 17.8. The van der Waals surface area contributed by atoms with E-state index in [-0.39, 0.29) is 11.8 Å². The summed E-state index contributed by atoms with van der Waals surface area (Å²) in [7, 11) is 2.10. The molecule has 2 heterocycles. The summed E-state index contributed by atoms with van der Waals surface area (Å²) in [5.41, 5.74) is 2.81. The van der Waals surface area contributed by atoms with E-state index in [1.807, 2.05) is 64.4 Å². The van der Waals surface area contributed by atoms with Crippen molar-refractivity contribution in [3.63, 3.8) is 0 Å².